The lowest BCUT2D eigenvalue weighted by atomic mass is 10.1. The molecular weight excluding hydrogens is 469 g/mol. The lowest BCUT2D eigenvalue weighted by molar-refractivity contribution is 0.0686. The fourth-order valence-corrected chi connectivity index (χ4v) is 4.27. The normalized spacial score (nSPS) is 10.8. The molecule has 0 bridgehead atoms. The van der Waals surface area contributed by atoms with Gasteiger partial charge in [0.2, 0.25) is 5.69 Å². The number of halogens is 2. The molecule has 3 aromatic carbocycles. The van der Waals surface area contributed by atoms with Crippen LogP contribution in [0, 0.1) is 0 Å². The summed E-state index contributed by atoms with van der Waals surface area (Å²) in [5.41, 5.74) is 2.77. The van der Waals surface area contributed by atoms with Gasteiger partial charge in [0.1, 0.15) is 10.8 Å². The van der Waals surface area contributed by atoms with Gasteiger partial charge in [0.25, 0.3) is 0 Å². The summed E-state index contributed by atoms with van der Waals surface area (Å²) in [6.45, 7) is 0.383. The molecule has 4 rings (SSSR count). The Balaban J connectivity index is 1.59. The number of hydrogen-bond donors (Lipinski definition) is 1. The number of aromatic carboxylic acids is 1. The van der Waals surface area contributed by atoms with Gasteiger partial charge in [-0.1, -0.05) is 70.5 Å². The molecule has 0 fully saturated rings. The number of rotatable bonds is 7. The van der Waals surface area contributed by atoms with Gasteiger partial charge in [-0.15, -0.1) is 5.10 Å². The highest BCUT2D eigenvalue weighted by atomic mass is 35.5. The summed E-state index contributed by atoms with van der Waals surface area (Å²) in [4.78, 5) is 12.5. The Morgan fingerprint density at radius 2 is 1.69 bits per heavy atom. The van der Waals surface area contributed by atoms with Crippen molar-refractivity contribution in [2.75, 3.05) is 7.11 Å². The minimum absolute atomic E-state index is 0.0860. The second-order valence-electron chi connectivity index (χ2n) is 6.81. The van der Waals surface area contributed by atoms with Crippen LogP contribution in [0.4, 0.5) is 0 Å². The van der Waals surface area contributed by atoms with Gasteiger partial charge >= 0.3 is 5.97 Å². The number of carboxylic acids is 1. The van der Waals surface area contributed by atoms with Gasteiger partial charge in [0.05, 0.1) is 23.7 Å². The smallest absolute Gasteiger partial charge is 0.359 e. The standard InChI is InChI=1S/C23H17Cl2N3O3S/c1-31-17-7-2-14(3-8-17)13-28-22(21(23(29)30)26-27-28)32-18-9-4-15(5-10-18)16-6-11-19(24)20(25)12-16/h2-12H,13H2,1H3,(H,29,30). The van der Waals surface area contributed by atoms with Crippen LogP contribution in [0.25, 0.3) is 11.1 Å². The molecule has 0 unspecified atom stereocenters. The topological polar surface area (TPSA) is 77.2 Å². The minimum Gasteiger partial charge on any atom is -0.497 e. The van der Waals surface area contributed by atoms with E-state index in [-0.39, 0.29) is 5.69 Å². The first-order valence-electron chi connectivity index (χ1n) is 9.47. The van der Waals surface area contributed by atoms with Crippen LogP contribution in [-0.2, 0) is 6.54 Å². The first-order chi connectivity index (χ1) is 15.4. The number of carboxylic acid groups (broad SMARTS) is 1. The summed E-state index contributed by atoms with van der Waals surface area (Å²) in [6, 6.07) is 20.7. The van der Waals surface area contributed by atoms with Gasteiger partial charge in [-0.2, -0.15) is 0 Å². The van der Waals surface area contributed by atoms with Crippen molar-refractivity contribution in [1.29, 1.82) is 0 Å². The first kappa shape index (κ1) is 22.2. The number of benzene rings is 3. The number of hydrogen-bond acceptors (Lipinski definition) is 5. The van der Waals surface area contributed by atoms with Crippen molar-refractivity contribution in [2.45, 2.75) is 16.5 Å². The maximum absolute atomic E-state index is 11.7. The SMILES string of the molecule is COc1ccc(Cn2nnc(C(=O)O)c2Sc2ccc(-c3ccc(Cl)c(Cl)c3)cc2)cc1. The zero-order valence-corrected chi connectivity index (χ0v) is 19.2. The van der Waals surface area contributed by atoms with E-state index < -0.39 is 5.97 Å². The van der Waals surface area contributed by atoms with Crippen molar-refractivity contribution >= 4 is 40.9 Å². The summed E-state index contributed by atoms with van der Waals surface area (Å²) >= 11 is 13.4. The second-order valence-corrected chi connectivity index (χ2v) is 8.69. The number of methoxy groups -OCH3 is 1. The Kier molecular flexibility index (Phi) is 6.69. The Labute approximate surface area is 198 Å². The van der Waals surface area contributed by atoms with Crippen molar-refractivity contribution in [3.63, 3.8) is 0 Å². The molecule has 32 heavy (non-hydrogen) atoms. The van der Waals surface area contributed by atoms with Crippen LogP contribution in [0.5, 0.6) is 5.75 Å². The monoisotopic (exact) mass is 485 g/mol. The second kappa shape index (κ2) is 9.65. The number of nitrogens with zero attached hydrogens (tertiary/aromatic N) is 3. The van der Waals surface area contributed by atoms with E-state index >= 15 is 0 Å². The third-order valence-electron chi connectivity index (χ3n) is 4.71. The average molecular weight is 486 g/mol. The molecule has 0 aliphatic heterocycles. The molecule has 0 aliphatic rings. The van der Waals surface area contributed by atoms with Gasteiger partial charge in [-0.05, 0) is 53.1 Å². The molecule has 0 aliphatic carbocycles. The summed E-state index contributed by atoms with van der Waals surface area (Å²) in [5.74, 6) is -0.379. The Bertz CT molecular complexity index is 1260. The summed E-state index contributed by atoms with van der Waals surface area (Å²) in [5, 5.41) is 18.9. The van der Waals surface area contributed by atoms with Crippen molar-refractivity contribution in [3.05, 3.63) is 88.0 Å². The lowest BCUT2D eigenvalue weighted by Crippen LogP contribution is -2.05. The first-order valence-corrected chi connectivity index (χ1v) is 11.0. The van der Waals surface area contributed by atoms with E-state index in [9.17, 15) is 9.90 Å². The summed E-state index contributed by atoms with van der Waals surface area (Å²) in [7, 11) is 1.60. The molecule has 4 aromatic rings. The quantitative estimate of drug-likeness (QED) is 0.337. The van der Waals surface area contributed by atoms with Gasteiger partial charge in [-0.25, -0.2) is 9.48 Å². The van der Waals surface area contributed by atoms with Gasteiger partial charge < -0.3 is 9.84 Å². The third-order valence-corrected chi connectivity index (χ3v) is 6.55. The maximum atomic E-state index is 11.7. The molecule has 1 aromatic heterocycles. The number of carbonyl (C=O) groups is 1. The van der Waals surface area contributed by atoms with Crippen molar-refractivity contribution < 1.29 is 14.6 Å². The summed E-state index contributed by atoms with van der Waals surface area (Å²) < 4.78 is 6.77. The van der Waals surface area contributed by atoms with Gasteiger partial charge in [0.15, 0.2) is 0 Å². The van der Waals surface area contributed by atoms with Crippen LogP contribution < -0.4 is 4.74 Å². The minimum atomic E-state index is -1.12. The van der Waals surface area contributed by atoms with Crippen LogP contribution in [0.1, 0.15) is 16.1 Å². The summed E-state index contributed by atoms with van der Waals surface area (Å²) in [6.07, 6.45) is 0. The highest BCUT2D eigenvalue weighted by Crippen LogP contribution is 2.33. The molecule has 0 saturated carbocycles. The van der Waals surface area contributed by atoms with Gasteiger partial charge in [0, 0.05) is 4.90 Å². The Morgan fingerprint density at radius 3 is 2.31 bits per heavy atom. The largest absolute Gasteiger partial charge is 0.497 e. The molecule has 9 heteroatoms. The van der Waals surface area contributed by atoms with E-state index in [2.05, 4.69) is 10.3 Å². The molecule has 162 valence electrons. The number of aromatic nitrogens is 3. The molecule has 0 amide bonds. The molecule has 0 atom stereocenters. The molecular formula is C23H17Cl2N3O3S. The van der Waals surface area contributed by atoms with Crippen LogP contribution in [0.2, 0.25) is 10.0 Å². The van der Waals surface area contributed by atoms with E-state index in [4.69, 9.17) is 27.9 Å². The van der Waals surface area contributed by atoms with E-state index in [0.717, 1.165) is 27.3 Å². The average Bonchev–Trinajstić information content (AvgIpc) is 3.19. The van der Waals surface area contributed by atoms with Crippen LogP contribution in [0.3, 0.4) is 0 Å². The Morgan fingerprint density at radius 1 is 1.00 bits per heavy atom. The van der Waals surface area contributed by atoms with E-state index in [1.54, 1.807) is 17.9 Å². The maximum Gasteiger partial charge on any atom is 0.359 e. The predicted molar refractivity (Wildman–Crippen MR) is 125 cm³/mol. The Hall–Kier alpha value is -3.00. The molecule has 6 nitrogen and oxygen atoms in total. The highest BCUT2D eigenvalue weighted by Gasteiger charge is 2.20. The molecule has 1 N–H and O–H groups in total. The predicted octanol–water partition coefficient (Wildman–Crippen LogP) is 6.16. The van der Waals surface area contributed by atoms with Crippen LogP contribution in [-0.4, -0.2) is 33.2 Å². The van der Waals surface area contributed by atoms with Crippen molar-refractivity contribution in [2.24, 2.45) is 0 Å². The molecule has 0 spiro atoms. The fourth-order valence-electron chi connectivity index (χ4n) is 3.05. The van der Waals surface area contributed by atoms with Crippen molar-refractivity contribution in [3.8, 4) is 16.9 Å². The lowest BCUT2D eigenvalue weighted by Gasteiger charge is -2.09. The van der Waals surface area contributed by atoms with Crippen molar-refractivity contribution in [1.82, 2.24) is 15.0 Å². The zero-order valence-electron chi connectivity index (χ0n) is 16.8. The third kappa shape index (κ3) is 4.91. The molecule has 0 saturated heterocycles. The van der Waals surface area contributed by atoms with E-state index in [1.165, 1.54) is 11.8 Å². The molecule has 1 heterocycles. The van der Waals surface area contributed by atoms with E-state index in [0.29, 0.717) is 21.6 Å². The highest BCUT2D eigenvalue weighted by molar-refractivity contribution is 7.99. The van der Waals surface area contributed by atoms with E-state index in [1.807, 2.05) is 60.7 Å². The van der Waals surface area contributed by atoms with Crippen LogP contribution >= 0.6 is 35.0 Å². The number of ether oxygens (including phenoxy) is 1. The molecule has 0 radical (unpaired) electrons. The fraction of sp³-hybridized carbons (Fsp3) is 0.0870. The zero-order chi connectivity index (χ0) is 22.7. The van der Waals surface area contributed by atoms with Gasteiger partial charge in [-0.3, -0.25) is 0 Å². The van der Waals surface area contributed by atoms with Crippen LogP contribution in [0.15, 0.2) is 76.7 Å².